The molecule has 1 unspecified atom stereocenters. The van der Waals surface area contributed by atoms with E-state index in [9.17, 15) is 0 Å². The molecule has 4 N–H and O–H groups in total. The second kappa shape index (κ2) is 5.03. The van der Waals surface area contributed by atoms with Gasteiger partial charge >= 0.3 is 0 Å². The van der Waals surface area contributed by atoms with Gasteiger partial charge in [0.15, 0.2) is 5.17 Å². The summed E-state index contributed by atoms with van der Waals surface area (Å²) in [5.41, 5.74) is 7.84. The van der Waals surface area contributed by atoms with Gasteiger partial charge in [-0.2, -0.15) is 0 Å². The van der Waals surface area contributed by atoms with Crippen LogP contribution in [0.25, 0.3) is 0 Å². The lowest BCUT2D eigenvalue weighted by Crippen LogP contribution is -2.03. The lowest BCUT2D eigenvalue weighted by atomic mass is 10.1. The molecule has 1 atom stereocenters. The number of hydrogen-bond donors (Lipinski definition) is 3. The molecule has 16 heavy (non-hydrogen) atoms. The minimum atomic E-state index is 0.173. The van der Waals surface area contributed by atoms with E-state index in [4.69, 9.17) is 11.1 Å². The number of thioether (sulfide) groups is 1. The normalized spacial score (nSPS) is 19.2. The molecule has 2 rings (SSSR count). The zero-order chi connectivity index (χ0) is 11.4. The van der Waals surface area contributed by atoms with Crippen molar-refractivity contribution in [2.75, 3.05) is 17.6 Å². The van der Waals surface area contributed by atoms with Gasteiger partial charge in [0.2, 0.25) is 0 Å². The Labute approximate surface area is 98.8 Å². The van der Waals surface area contributed by atoms with Crippen molar-refractivity contribution in [2.45, 2.75) is 6.04 Å². The molecule has 5 heteroatoms. The number of rotatable bonds is 4. The van der Waals surface area contributed by atoms with Crippen LogP contribution in [0.15, 0.2) is 29.3 Å². The molecular weight excluding hydrogens is 220 g/mol. The van der Waals surface area contributed by atoms with Gasteiger partial charge in [-0.25, -0.2) is 0 Å². The second-order valence-electron chi connectivity index (χ2n) is 3.50. The van der Waals surface area contributed by atoms with E-state index in [0.717, 1.165) is 11.4 Å². The van der Waals surface area contributed by atoms with Gasteiger partial charge in [0.25, 0.3) is 0 Å². The smallest absolute Gasteiger partial charge is 0.154 e. The summed E-state index contributed by atoms with van der Waals surface area (Å²) in [6.45, 7) is 0.550. The van der Waals surface area contributed by atoms with Crippen LogP contribution < -0.4 is 11.1 Å². The summed E-state index contributed by atoms with van der Waals surface area (Å²) in [4.78, 5) is 4.36. The zero-order valence-electron chi connectivity index (χ0n) is 8.81. The SMILES string of the molecule is N=CCNc1cccc(C2CSC(N)=N2)c1. The van der Waals surface area contributed by atoms with Crippen molar-refractivity contribution in [3.63, 3.8) is 0 Å². The van der Waals surface area contributed by atoms with Crippen LogP contribution >= 0.6 is 11.8 Å². The maximum absolute atomic E-state index is 6.97. The monoisotopic (exact) mass is 234 g/mol. The Morgan fingerprint density at radius 3 is 3.19 bits per heavy atom. The van der Waals surface area contributed by atoms with Crippen molar-refractivity contribution < 1.29 is 0 Å². The van der Waals surface area contributed by atoms with Gasteiger partial charge in [-0.05, 0) is 17.7 Å². The number of benzene rings is 1. The number of anilines is 1. The number of hydrogen-bond acceptors (Lipinski definition) is 5. The van der Waals surface area contributed by atoms with Crippen LogP contribution in [0, 0.1) is 5.41 Å². The molecule has 1 aliphatic heterocycles. The van der Waals surface area contributed by atoms with E-state index in [1.54, 1.807) is 11.8 Å². The van der Waals surface area contributed by atoms with E-state index in [0.29, 0.717) is 11.7 Å². The van der Waals surface area contributed by atoms with E-state index in [2.05, 4.69) is 22.4 Å². The summed E-state index contributed by atoms with van der Waals surface area (Å²) in [6, 6.07) is 8.28. The molecule has 1 aromatic rings. The maximum Gasteiger partial charge on any atom is 0.154 e. The fraction of sp³-hybridized carbons (Fsp3) is 0.273. The Balaban J connectivity index is 2.12. The summed E-state index contributed by atoms with van der Waals surface area (Å²) < 4.78 is 0. The maximum atomic E-state index is 6.97. The van der Waals surface area contributed by atoms with Gasteiger partial charge in [0, 0.05) is 24.2 Å². The van der Waals surface area contributed by atoms with Crippen molar-refractivity contribution in [1.82, 2.24) is 0 Å². The number of nitrogens with zero attached hydrogens (tertiary/aromatic N) is 1. The van der Waals surface area contributed by atoms with Crippen LogP contribution in [0.5, 0.6) is 0 Å². The van der Waals surface area contributed by atoms with Crippen molar-refractivity contribution in [3.05, 3.63) is 29.8 Å². The molecule has 0 fully saturated rings. The molecule has 1 aliphatic rings. The topological polar surface area (TPSA) is 74.3 Å². The number of nitrogens with one attached hydrogen (secondary N) is 2. The van der Waals surface area contributed by atoms with Gasteiger partial charge in [-0.15, -0.1) is 0 Å². The van der Waals surface area contributed by atoms with Crippen molar-refractivity contribution in [1.29, 1.82) is 5.41 Å². The zero-order valence-corrected chi connectivity index (χ0v) is 9.63. The fourth-order valence-corrected chi connectivity index (χ4v) is 2.39. The van der Waals surface area contributed by atoms with E-state index in [1.807, 2.05) is 12.1 Å². The highest BCUT2D eigenvalue weighted by atomic mass is 32.2. The third-order valence-corrected chi connectivity index (χ3v) is 3.24. The highest BCUT2D eigenvalue weighted by Crippen LogP contribution is 2.29. The minimum absolute atomic E-state index is 0.173. The first kappa shape index (κ1) is 11.0. The van der Waals surface area contributed by atoms with Crippen LogP contribution in [0.4, 0.5) is 5.69 Å². The summed E-state index contributed by atoms with van der Waals surface area (Å²) in [5, 5.41) is 10.8. The first-order chi connectivity index (χ1) is 7.79. The first-order valence-electron chi connectivity index (χ1n) is 5.08. The lowest BCUT2D eigenvalue weighted by molar-refractivity contribution is 0.848. The third kappa shape index (κ3) is 2.55. The first-order valence-corrected chi connectivity index (χ1v) is 6.07. The average molecular weight is 234 g/mol. The molecule has 0 aliphatic carbocycles. The van der Waals surface area contributed by atoms with E-state index < -0.39 is 0 Å². The fourth-order valence-electron chi connectivity index (χ4n) is 1.59. The Kier molecular flexibility index (Phi) is 3.46. The van der Waals surface area contributed by atoms with E-state index >= 15 is 0 Å². The third-order valence-electron chi connectivity index (χ3n) is 2.35. The van der Waals surface area contributed by atoms with Gasteiger partial charge in [-0.3, -0.25) is 4.99 Å². The lowest BCUT2D eigenvalue weighted by Gasteiger charge is -2.09. The van der Waals surface area contributed by atoms with Crippen LogP contribution in [0.3, 0.4) is 0 Å². The van der Waals surface area contributed by atoms with Crippen LogP contribution in [-0.4, -0.2) is 23.7 Å². The Morgan fingerprint density at radius 1 is 1.62 bits per heavy atom. The highest BCUT2D eigenvalue weighted by molar-refractivity contribution is 8.14. The van der Waals surface area contributed by atoms with Crippen molar-refractivity contribution in [2.24, 2.45) is 10.7 Å². The molecule has 0 saturated heterocycles. The molecule has 0 spiro atoms. The molecule has 4 nitrogen and oxygen atoms in total. The highest BCUT2D eigenvalue weighted by Gasteiger charge is 2.17. The van der Waals surface area contributed by atoms with Gasteiger partial charge in [0.05, 0.1) is 6.04 Å². The summed E-state index contributed by atoms with van der Waals surface area (Å²) in [7, 11) is 0. The number of nitrogens with two attached hydrogens (primary N) is 1. The molecule has 0 saturated carbocycles. The quantitative estimate of drug-likeness (QED) is 0.696. The van der Waals surface area contributed by atoms with Crippen LogP contribution in [0.1, 0.15) is 11.6 Å². The Morgan fingerprint density at radius 2 is 2.50 bits per heavy atom. The molecule has 0 aromatic heterocycles. The molecule has 0 radical (unpaired) electrons. The number of amidine groups is 1. The summed E-state index contributed by atoms with van der Waals surface area (Å²) in [6.07, 6.45) is 1.34. The van der Waals surface area contributed by atoms with Gasteiger partial charge < -0.3 is 16.5 Å². The molecule has 0 bridgehead atoms. The summed E-state index contributed by atoms with van der Waals surface area (Å²) >= 11 is 1.60. The van der Waals surface area contributed by atoms with Gasteiger partial charge in [-0.1, -0.05) is 23.9 Å². The second-order valence-corrected chi connectivity index (χ2v) is 4.54. The van der Waals surface area contributed by atoms with Crippen LogP contribution in [-0.2, 0) is 0 Å². The van der Waals surface area contributed by atoms with Crippen LogP contribution in [0.2, 0.25) is 0 Å². The Bertz CT molecular complexity index is 416. The molecule has 0 amide bonds. The molecule has 84 valence electrons. The minimum Gasteiger partial charge on any atom is -0.380 e. The molecule has 1 aromatic carbocycles. The van der Waals surface area contributed by atoms with Crippen molar-refractivity contribution in [3.8, 4) is 0 Å². The molecular formula is C11H14N4S. The largest absolute Gasteiger partial charge is 0.380 e. The van der Waals surface area contributed by atoms with E-state index in [-0.39, 0.29) is 6.04 Å². The Hall–Kier alpha value is -1.49. The predicted octanol–water partition coefficient (Wildman–Crippen LogP) is 1.85. The molecule has 1 heterocycles. The van der Waals surface area contributed by atoms with Gasteiger partial charge in [0.1, 0.15) is 0 Å². The average Bonchev–Trinajstić information content (AvgIpc) is 2.74. The summed E-state index contributed by atoms with van der Waals surface area (Å²) in [5.74, 6) is 0.917. The van der Waals surface area contributed by atoms with Crippen molar-refractivity contribution >= 4 is 28.8 Å². The predicted molar refractivity (Wildman–Crippen MR) is 70.5 cm³/mol. The van der Waals surface area contributed by atoms with E-state index in [1.165, 1.54) is 11.8 Å². The standard InChI is InChI=1S/C11H14N4S/c12-4-5-14-9-3-1-2-8(6-9)10-7-16-11(13)15-10/h1-4,6,10,12,14H,5,7H2,(H2,13,15). The number of aliphatic imine (C=N–C) groups is 1.